The van der Waals surface area contributed by atoms with Gasteiger partial charge in [-0.2, -0.15) is 5.01 Å². The summed E-state index contributed by atoms with van der Waals surface area (Å²) in [5.41, 5.74) is 2.93. The molecule has 0 aromatic heterocycles. The minimum atomic E-state index is -0.442. The van der Waals surface area contributed by atoms with Crippen molar-refractivity contribution in [1.82, 2.24) is 10.4 Å². The molecule has 1 heterocycles. The van der Waals surface area contributed by atoms with E-state index in [1.54, 1.807) is 18.2 Å². The van der Waals surface area contributed by atoms with Crippen molar-refractivity contribution in [2.24, 2.45) is 35.5 Å². The Bertz CT molecular complexity index is 784. The average Bonchev–Trinajstić information content (AvgIpc) is 3.36. The van der Waals surface area contributed by atoms with Crippen molar-refractivity contribution in [3.05, 3.63) is 46.5 Å². The molecule has 1 aromatic carbocycles. The van der Waals surface area contributed by atoms with Crippen LogP contribution in [-0.2, 0) is 9.59 Å². The van der Waals surface area contributed by atoms with Crippen molar-refractivity contribution >= 4 is 33.7 Å². The molecule has 3 amide bonds. The lowest BCUT2D eigenvalue weighted by Gasteiger charge is -2.37. The van der Waals surface area contributed by atoms with Crippen LogP contribution in [0.2, 0.25) is 0 Å². The summed E-state index contributed by atoms with van der Waals surface area (Å²) in [6.07, 6.45) is 5.36. The van der Waals surface area contributed by atoms with Crippen LogP contribution >= 0.6 is 15.9 Å². The largest absolute Gasteiger partial charge is 0.272 e. The van der Waals surface area contributed by atoms with Gasteiger partial charge in [0.15, 0.2) is 0 Å². The molecule has 3 fully saturated rings. The number of benzene rings is 1. The summed E-state index contributed by atoms with van der Waals surface area (Å²) in [6, 6.07) is 6.86. The summed E-state index contributed by atoms with van der Waals surface area (Å²) in [7, 11) is 0. The third-order valence-corrected chi connectivity index (χ3v) is 6.46. The number of nitrogens with one attached hydrogen (secondary N) is 1. The normalized spacial score (nSPS) is 38.1. The third-order valence-electron chi connectivity index (χ3n) is 5.96. The molecule has 1 aromatic rings. The van der Waals surface area contributed by atoms with Gasteiger partial charge in [-0.15, -0.1) is 0 Å². The maximum Gasteiger partial charge on any atom is 0.270 e. The molecule has 0 radical (unpaired) electrons. The molecule has 2 saturated carbocycles. The Labute approximate surface area is 147 Å². The zero-order valence-electron chi connectivity index (χ0n) is 12.7. The quantitative estimate of drug-likeness (QED) is 0.625. The van der Waals surface area contributed by atoms with Crippen molar-refractivity contribution in [2.45, 2.75) is 6.42 Å². The zero-order chi connectivity index (χ0) is 16.6. The monoisotopic (exact) mass is 386 g/mol. The molecule has 5 aliphatic rings. The Kier molecular flexibility index (Phi) is 2.87. The Balaban J connectivity index is 1.41. The van der Waals surface area contributed by atoms with Gasteiger partial charge in [-0.25, -0.2) is 0 Å². The van der Waals surface area contributed by atoms with E-state index in [1.165, 1.54) is 0 Å². The number of allylic oxidation sites excluding steroid dienone is 2. The smallest absolute Gasteiger partial charge is 0.270 e. The van der Waals surface area contributed by atoms with E-state index < -0.39 is 5.91 Å². The standard InChI is InChI=1S/C18H15BrN2O3/c19-9-3-1-2-8(6-9)16(22)20-21-17(23)14-10-4-5-11(13-7-12(10)13)15(14)18(21)24/h1-6,10-15H,7H2,(H,20,22)/t10?,11?,12?,13?,14-,15?/m1/s1. The molecule has 6 heteroatoms. The van der Waals surface area contributed by atoms with Gasteiger partial charge in [-0.3, -0.25) is 19.8 Å². The van der Waals surface area contributed by atoms with Crippen molar-refractivity contribution in [3.63, 3.8) is 0 Å². The van der Waals surface area contributed by atoms with E-state index in [-0.39, 0.29) is 35.5 Å². The van der Waals surface area contributed by atoms with Gasteiger partial charge in [0.1, 0.15) is 0 Å². The molecule has 0 spiro atoms. The van der Waals surface area contributed by atoms with Gasteiger partial charge in [0.2, 0.25) is 0 Å². The summed E-state index contributed by atoms with van der Waals surface area (Å²) in [4.78, 5) is 38.0. The number of carbonyl (C=O) groups excluding carboxylic acids is 3. The second-order valence-electron chi connectivity index (χ2n) is 7.12. The Morgan fingerprint density at radius 1 is 1.08 bits per heavy atom. The van der Waals surface area contributed by atoms with Gasteiger partial charge in [0, 0.05) is 10.0 Å². The van der Waals surface area contributed by atoms with Gasteiger partial charge in [0.25, 0.3) is 17.7 Å². The predicted molar refractivity (Wildman–Crippen MR) is 88.2 cm³/mol. The highest BCUT2D eigenvalue weighted by atomic mass is 79.9. The predicted octanol–water partition coefficient (Wildman–Crippen LogP) is 2.15. The van der Waals surface area contributed by atoms with Crippen molar-refractivity contribution in [3.8, 4) is 0 Å². The molecule has 24 heavy (non-hydrogen) atoms. The van der Waals surface area contributed by atoms with Crippen LogP contribution in [0.4, 0.5) is 0 Å². The van der Waals surface area contributed by atoms with Crippen LogP contribution in [0, 0.1) is 35.5 Å². The van der Waals surface area contributed by atoms with Crippen LogP contribution in [0.15, 0.2) is 40.9 Å². The number of halogens is 1. The molecule has 1 N–H and O–H groups in total. The lowest BCUT2D eigenvalue weighted by Crippen LogP contribution is -2.46. The van der Waals surface area contributed by atoms with E-state index >= 15 is 0 Å². The van der Waals surface area contributed by atoms with E-state index in [1.807, 2.05) is 6.07 Å². The first kappa shape index (κ1) is 14.4. The minimum Gasteiger partial charge on any atom is -0.272 e. The van der Waals surface area contributed by atoms with Gasteiger partial charge >= 0.3 is 0 Å². The number of amides is 3. The summed E-state index contributed by atoms with van der Waals surface area (Å²) in [6.45, 7) is 0. The van der Waals surface area contributed by atoms with Crippen LogP contribution in [0.1, 0.15) is 16.8 Å². The molecule has 5 nitrogen and oxygen atoms in total. The molecule has 1 saturated heterocycles. The fraction of sp³-hybridized carbons (Fsp3) is 0.389. The van der Waals surface area contributed by atoms with Crippen LogP contribution < -0.4 is 5.43 Å². The molecular weight excluding hydrogens is 372 g/mol. The van der Waals surface area contributed by atoms with Crippen LogP contribution in [0.5, 0.6) is 0 Å². The Morgan fingerprint density at radius 3 is 2.29 bits per heavy atom. The van der Waals surface area contributed by atoms with E-state index in [4.69, 9.17) is 0 Å². The van der Waals surface area contributed by atoms with E-state index in [9.17, 15) is 14.4 Å². The fourth-order valence-electron chi connectivity index (χ4n) is 4.86. The van der Waals surface area contributed by atoms with E-state index in [2.05, 4.69) is 33.5 Å². The second kappa shape index (κ2) is 4.79. The number of nitrogens with zero attached hydrogens (tertiary/aromatic N) is 1. The topological polar surface area (TPSA) is 66.5 Å². The number of hydrogen-bond donors (Lipinski definition) is 1. The van der Waals surface area contributed by atoms with Crippen LogP contribution in [0.3, 0.4) is 0 Å². The molecule has 6 atom stereocenters. The highest BCUT2D eigenvalue weighted by Gasteiger charge is 2.67. The molecule has 4 aliphatic carbocycles. The highest BCUT2D eigenvalue weighted by Crippen LogP contribution is 2.65. The number of hydrogen-bond acceptors (Lipinski definition) is 3. The van der Waals surface area contributed by atoms with Crippen LogP contribution in [-0.4, -0.2) is 22.7 Å². The van der Waals surface area contributed by atoms with Gasteiger partial charge in [0.05, 0.1) is 11.8 Å². The summed E-state index contributed by atoms with van der Waals surface area (Å²) in [5.74, 6) is -0.0998. The van der Waals surface area contributed by atoms with Crippen molar-refractivity contribution < 1.29 is 14.4 Å². The average molecular weight is 387 g/mol. The molecule has 5 unspecified atom stereocenters. The SMILES string of the molecule is O=C(NN1C(=O)C2C3C=CC(C4CC34)[C@H]2C1=O)c1cccc(Br)c1. The van der Waals surface area contributed by atoms with Crippen molar-refractivity contribution in [1.29, 1.82) is 0 Å². The van der Waals surface area contributed by atoms with Gasteiger partial charge in [-0.05, 0) is 48.3 Å². The third kappa shape index (κ3) is 1.83. The van der Waals surface area contributed by atoms with E-state index in [0.717, 1.165) is 15.9 Å². The maximum atomic E-state index is 12.8. The van der Waals surface area contributed by atoms with E-state index in [0.29, 0.717) is 17.4 Å². The first-order valence-corrected chi connectivity index (χ1v) is 8.98. The zero-order valence-corrected chi connectivity index (χ0v) is 14.3. The van der Waals surface area contributed by atoms with Crippen LogP contribution in [0.25, 0.3) is 0 Å². The number of rotatable bonds is 2. The second-order valence-corrected chi connectivity index (χ2v) is 8.03. The van der Waals surface area contributed by atoms with Gasteiger partial charge < -0.3 is 0 Å². The summed E-state index contributed by atoms with van der Waals surface area (Å²) < 4.78 is 0.769. The van der Waals surface area contributed by atoms with Gasteiger partial charge in [-0.1, -0.05) is 34.1 Å². The lowest BCUT2D eigenvalue weighted by atomic mass is 9.63. The highest BCUT2D eigenvalue weighted by molar-refractivity contribution is 9.10. The number of imide groups is 1. The fourth-order valence-corrected chi connectivity index (χ4v) is 5.26. The first-order chi connectivity index (χ1) is 11.6. The minimum absolute atomic E-state index is 0.161. The lowest BCUT2D eigenvalue weighted by molar-refractivity contribution is -0.143. The maximum absolute atomic E-state index is 12.8. The number of carbonyl (C=O) groups is 3. The first-order valence-electron chi connectivity index (χ1n) is 8.19. The Morgan fingerprint density at radius 2 is 1.71 bits per heavy atom. The molecule has 6 rings (SSSR count). The molecule has 1 aliphatic heterocycles. The molecule has 2 bridgehead atoms. The molecular formula is C18H15BrN2O3. The number of hydrazine groups is 1. The molecule has 122 valence electrons. The summed E-state index contributed by atoms with van der Waals surface area (Å²) in [5, 5.41) is 0.969. The summed E-state index contributed by atoms with van der Waals surface area (Å²) >= 11 is 3.32. The Hall–Kier alpha value is -1.95. The van der Waals surface area contributed by atoms with Crippen molar-refractivity contribution in [2.75, 3.05) is 0 Å².